The zero-order valence-corrected chi connectivity index (χ0v) is 9.26. The Balaban J connectivity index is 2.57. The second kappa shape index (κ2) is 5.92. The van der Waals surface area contributed by atoms with Crippen molar-refractivity contribution >= 4 is 5.84 Å². The number of oxime groups is 1. The second-order valence-electron chi connectivity index (χ2n) is 4.07. The van der Waals surface area contributed by atoms with Gasteiger partial charge in [0.05, 0.1) is 6.61 Å². The van der Waals surface area contributed by atoms with E-state index in [-0.39, 0.29) is 24.5 Å². The van der Waals surface area contributed by atoms with E-state index in [1.165, 1.54) is 0 Å². The van der Waals surface area contributed by atoms with Crippen molar-refractivity contribution in [2.45, 2.75) is 44.7 Å². The van der Waals surface area contributed by atoms with Gasteiger partial charge >= 0.3 is 0 Å². The molecule has 1 fully saturated rings. The molecule has 2 atom stereocenters. The maximum atomic E-state index is 9.22. The molecule has 2 unspecified atom stereocenters. The van der Waals surface area contributed by atoms with E-state index in [0.717, 1.165) is 25.8 Å². The number of aliphatic hydroxyl groups excluding tert-OH is 1. The minimum atomic E-state index is 0.201. The van der Waals surface area contributed by atoms with Crippen LogP contribution in [0.3, 0.4) is 0 Å². The molecule has 1 rings (SSSR count). The second-order valence-corrected chi connectivity index (χ2v) is 4.07. The molecule has 1 heterocycles. The lowest BCUT2D eigenvalue weighted by Crippen LogP contribution is -2.42. The normalized spacial score (nSPS) is 25.7. The molecule has 0 aromatic carbocycles. The molecule has 15 heavy (non-hydrogen) atoms. The smallest absolute Gasteiger partial charge is 0.140 e. The molecule has 0 aliphatic carbocycles. The summed E-state index contributed by atoms with van der Waals surface area (Å²) < 4.78 is 0. The molecule has 0 aromatic rings. The van der Waals surface area contributed by atoms with E-state index < -0.39 is 0 Å². The first kappa shape index (κ1) is 12.3. The molecule has 5 heteroatoms. The summed E-state index contributed by atoms with van der Waals surface area (Å²) in [7, 11) is 0. The molecule has 1 aliphatic rings. The van der Waals surface area contributed by atoms with Gasteiger partial charge in [0, 0.05) is 18.5 Å². The number of hydrogen-bond donors (Lipinski definition) is 3. The maximum Gasteiger partial charge on any atom is 0.140 e. The van der Waals surface area contributed by atoms with Gasteiger partial charge in [-0.05, 0) is 25.8 Å². The van der Waals surface area contributed by atoms with Crippen LogP contribution in [0, 0.1) is 0 Å². The highest BCUT2D eigenvalue weighted by Crippen LogP contribution is 2.22. The average Bonchev–Trinajstić information content (AvgIpc) is 2.73. The Hall–Kier alpha value is -0.810. The minimum Gasteiger partial charge on any atom is -0.409 e. The van der Waals surface area contributed by atoms with Gasteiger partial charge in [0.1, 0.15) is 5.84 Å². The third-order valence-corrected chi connectivity index (χ3v) is 3.15. The van der Waals surface area contributed by atoms with Crippen molar-refractivity contribution < 1.29 is 10.3 Å². The van der Waals surface area contributed by atoms with E-state index >= 15 is 0 Å². The minimum absolute atomic E-state index is 0.201. The molecule has 1 aliphatic heterocycles. The van der Waals surface area contributed by atoms with Crippen LogP contribution in [0.4, 0.5) is 0 Å². The highest BCUT2D eigenvalue weighted by molar-refractivity contribution is 5.80. The van der Waals surface area contributed by atoms with E-state index in [9.17, 15) is 5.11 Å². The molecule has 0 spiro atoms. The number of likely N-dealkylation sites (tertiary alicyclic amines) is 1. The Kier molecular flexibility index (Phi) is 4.84. The molecule has 0 bridgehead atoms. The van der Waals surface area contributed by atoms with Crippen LogP contribution >= 0.6 is 0 Å². The highest BCUT2D eigenvalue weighted by Gasteiger charge is 2.29. The maximum absolute atomic E-state index is 9.22. The fraction of sp³-hybridized carbons (Fsp3) is 0.900. The summed E-state index contributed by atoms with van der Waals surface area (Å²) in [5.41, 5.74) is 5.51. The van der Waals surface area contributed by atoms with Crippen LogP contribution in [0.25, 0.3) is 0 Å². The van der Waals surface area contributed by atoms with E-state index in [1.54, 1.807) is 0 Å². The van der Waals surface area contributed by atoms with Crippen molar-refractivity contribution in [3.63, 3.8) is 0 Å². The van der Waals surface area contributed by atoms with E-state index in [0.29, 0.717) is 6.42 Å². The lowest BCUT2D eigenvalue weighted by Gasteiger charge is -2.31. The molecule has 0 amide bonds. The number of nitrogens with zero attached hydrogens (tertiary/aromatic N) is 2. The molecular formula is C10H21N3O2. The number of amidine groups is 1. The summed E-state index contributed by atoms with van der Waals surface area (Å²) in [5, 5.41) is 20.8. The summed E-state index contributed by atoms with van der Waals surface area (Å²) in [4.78, 5) is 2.28. The van der Waals surface area contributed by atoms with Gasteiger partial charge in [-0.3, -0.25) is 4.90 Å². The lowest BCUT2D eigenvalue weighted by molar-refractivity contribution is 0.118. The third-order valence-electron chi connectivity index (χ3n) is 3.15. The molecule has 88 valence electrons. The molecule has 0 saturated carbocycles. The molecule has 0 radical (unpaired) electrons. The molecular weight excluding hydrogens is 194 g/mol. The first-order chi connectivity index (χ1) is 7.22. The van der Waals surface area contributed by atoms with Gasteiger partial charge in [0.2, 0.25) is 0 Å². The number of hydrogen-bond acceptors (Lipinski definition) is 4. The van der Waals surface area contributed by atoms with Crippen LogP contribution in [0.2, 0.25) is 0 Å². The van der Waals surface area contributed by atoms with Crippen LogP contribution in [0.5, 0.6) is 0 Å². The zero-order valence-electron chi connectivity index (χ0n) is 9.26. The highest BCUT2D eigenvalue weighted by atomic mass is 16.4. The van der Waals surface area contributed by atoms with Gasteiger partial charge in [0.15, 0.2) is 0 Å². The Morgan fingerprint density at radius 2 is 2.40 bits per heavy atom. The molecule has 4 N–H and O–H groups in total. The van der Waals surface area contributed by atoms with Gasteiger partial charge in [-0.15, -0.1) is 0 Å². The van der Waals surface area contributed by atoms with Crippen molar-refractivity contribution in [2.24, 2.45) is 10.9 Å². The Labute approximate surface area is 90.6 Å². The monoisotopic (exact) mass is 215 g/mol. The van der Waals surface area contributed by atoms with Gasteiger partial charge in [-0.25, -0.2) is 0 Å². The predicted molar refractivity (Wildman–Crippen MR) is 58.9 cm³/mol. The van der Waals surface area contributed by atoms with Crippen LogP contribution in [0.15, 0.2) is 5.16 Å². The summed E-state index contributed by atoms with van der Waals surface area (Å²) in [6.07, 6.45) is 3.69. The first-order valence-electron chi connectivity index (χ1n) is 5.55. The summed E-state index contributed by atoms with van der Waals surface area (Å²) >= 11 is 0. The first-order valence-corrected chi connectivity index (χ1v) is 5.55. The van der Waals surface area contributed by atoms with Crippen LogP contribution in [0.1, 0.15) is 32.6 Å². The van der Waals surface area contributed by atoms with Crippen molar-refractivity contribution in [3.8, 4) is 0 Å². The largest absolute Gasteiger partial charge is 0.409 e. The molecule has 0 aromatic heterocycles. The number of rotatable bonds is 5. The van der Waals surface area contributed by atoms with Crippen molar-refractivity contribution in [1.29, 1.82) is 0 Å². The van der Waals surface area contributed by atoms with Crippen LogP contribution in [-0.2, 0) is 0 Å². The Morgan fingerprint density at radius 1 is 1.67 bits per heavy atom. The van der Waals surface area contributed by atoms with Crippen molar-refractivity contribution in [2.75, 3.05) is 13.2 Å². The van der Waals surface area contributed by atoms with Crippen molar-refractivity contribution in [3.05, 3.63) is 0 Å². The fourth-order valence-corrected chi connectivity index (χ4v) is 2.31. The van der Waals surface area contributed by atoms with Gasteiger partial charge in [-0.2, -0.15) is 0 Å². The predicted octanol–water partition coefficient (Wildman–Crippen LogP) is 0.358. The van der Waals surface area contributed by atoms with Crippen molar-refractivity contribution in [1.82, 2.24) is 4.90 Å². The van der Waals surface area contributed by atoms with Crippen LogP contribution in [-0.4, -0.2) is 46.3 Å². The van der Waals surface area contributed by atoms with E-state index in [4.69, 9.17) is 10.9 Å². The Bertz CT molecular complexity index is 221. The SMILES string of the molecule is CCC(CC(N)=NO)N1CCCC1CO. The number of aliphatic hydroxyl groups is 1. The Morgan fingerprint density at radius 3 is 2.93 bits per heavy atom. The average molecular weight is 215 g/mol. The van der Waals surface area contributed by atoms with E-state index in [2.05, 4.69) is 17.0 Å². The van der Waals surface area contributed by atoms with Gasteiger partial charge in [0.25, 0.3) is 0 Å². The summed E-state index contributed by atoms with van der Waals surface area (Å²) in [6, 6.07) is 0.530. The summed E-state index contributed by atoms with van der Waals surface area (Å²) in [6.45, 7) is 3.29. The quantitative estimate of drug-likeness (QED) is 0.268. The number of nitrogens with two attached hydrogens (primary N) is 1. The molecule has 5 nitrogen and oxygen atoms in total. The molecule has 1 saturated heterocycles. The van der Waals surface area contributed by atoms with Crippen LogP contribution < -0.4 is 5.73 Å². The zero-order chi connectivity index (χ0) is 11.3. The standard InChI is InChI=1S/C10H21N3O2/c1-2-8(6-10(11)12-15)13-5-3-4-9(13)7-14/h8-9,14-15H,2-7H2,1H3,(H2,11,12). The third kappa shape index (κ3) is 3.07. The fourth-order valence-electron chi connectivity index (χ4n) is 2.31. The van der Waals surface area contributed by atoms with Gasteiger partial charge in [-0.1, -0.05) is 12.1 Å². The van der Waals surface area contributed by atoms with E-state index in [1.807, 2.05) is 0 Å². The van der Waals surface area contributed by atoms with Gasteiger partial charge < -0.3 is 16.0 Å². The lowest BCUT2D eigenvalue weighted by atomic mass is 10.1. The summed E-state index contributed by atoms with van der Waals surface area (Å²) in [5.74, 6) is 0.269. The topological polar surface area (TPSA) is 82.1 Å².